The van der Waals surface area contributed by atoms with Crippen molar-refractivity contribution in [3.05, 3.63) is 0 Å². The van der Waals surface area contributed by atoms with Crippen LogP contribution in [0.2, 0.25) is 0 Å². The first-order valence-corrected chi connectivity index (χ1v) is 5.03. The van der Waals surface area contributed by atoms with E-state index < -0.39 is 0 Å². The highest BCUT2D eigenvalue weighted by Gasteiger charge is 2.15. The highest BCUT2D eigenvalue weighted by atomic mass is 79.9. The lowest BCUT2D eigenvalue weighted by Crippen LogP contribution is -2.28. The van der Waals surface area contributed by atoms with E-state index in [0.29, 0.717) is 5.33 Å². The van der Waals surface area contributed by atoms with E-state index in [1.165, 1.54) is 0 Å². The molecule has 0 spiro atoms. The van der Waals surface area contributed by atoms with Gasteiger partial charge in [0.05, 0.1) is 11.2 Å². The van der Waals surface area contributed by atoms with Crippen molar-refractivity contribution < 1.29 is 4.79 Å². The van der Waals surface area contributed by atoms with E-state index in [1.807, 2.05) is 16.7 Å². The first kappa shape index (κ1) is 7.41. The lowest BCUT2D eigenvalue weighted by molar-refractivity contribution is -0.126. The van der Waals surface area contributed by atoms with E-state index in [9.17, 15) is 4.79 Å². The molecule has 4 heteroatoms. The molecule has 0 saturated carbocycles. The molecule has 2 nitrogen and oxygen atoms in total. The summed E-state index contributed by atoms with van der Waals surface area (Å²) in [6.45, 7) is 0.926. The monoisotopic (exact) mass is 209 g/mol. The van der Waals surface area contributed by atoms with Crippen LogP contribution < -0.4 is 0 Å². The Bertz CT molecular complexity index is 114. The summed E-state index contributed by atoms with van der Waals surface area (Å²) < 4.78 is 0. The molecule has 0 aromatic carbocycles. The lowest BCUT2D eigenvalue weighted by Gasteiger charge is -2.10. The second-order valence-electron chi connectivity index (χ2n) is 1.83. The van der Waals surface area contributed by atoms with Gasteiger partial charge in [-0.2, -0.15) is 0 Å². The summed E-state index contributed by atoms with van der Waals surface area (Å²) in [5, 5.41) is 0.466. The van der Waals surface area contributed by atoms with Gasteiger partial charge in [-0.05, 0) is 0 Å². The fourth-order valence-corrected chi connectivity index (χ4v) is 2.02. The molecule has 0 bridgehead atoms. The molecule has 9 heavy (non-hydrogen) atoms. The summed E-state index contributed by atoms with van der Waals surface area (Å²) in [5.41, 5.74) is 0. The van der Waals surface area contributed by atoms with Crippen LogP contribution in [-0.2, 0) is 4.79 Å². The predicted octanol–water partition coefficient (Wildman–Crippen LogP) is 0.914. The molecular formula is C5H8BrNOS. The second-order valence-corrected chi connectivity index (χ2v) is 3.46. The maximum Gasteiger partial charge on any atom is 0.233 e. The standard InChI is InChI=1S/C5H8BrNOS/c6-3-5(8)7-1-2-9-4-7/h1-4H2. The summed E-state index contributed by atoms with van der Waals surface area (Å²) in [7, 11) is 0. The van der Waals surface area contributed by atoms with Crippen LogP contribution in [0.3, 0.4) is 0 Å². The quantitative estimate of drug-likeness (QED) is 0.599. The molecule has 1 saturated heterocycles. The Morgan fingerprint density at radius 3 is 3.00 bits per heavy atom. The minimum Gasteiger partial charge on any atom is -0.332 e. The van der Waals surface area contributed by atoms with Gasteiger partial charge in [-0.15, -0.1) is 11.8 Å². The van der Waals surface area contributed by atoms with Gasteiger partial charge in [0.25, 0.3) is 0 Å². The van der Waals surface area contributed by atoms with Crippen molar-refractivity contribution in [3.8, 4) is 0 Å². The van der Waals surface area contributed by atoms with Gasteiger partial charge >= 0.3 is 0 Å². The van der Waals surface area contributed by atoms with E-state index in [-0.39, 0.29) is 5.91 Å². The number of carbonyl (C=O) groups is 1. The summed E-state index contributed by atoms with van der Waals surface area (Å²) in [4.78, 5) is 12.7. The summed E-state index contributed by atoms with van der Waals surface area (Å²) in [5.74, 6) is 2.18. The fourth-order valence-electron chi connectivity index (χ4n) is 0.695. The zero-order chi connectivity index (χ0) is 6.69. The molecule has 1 rings (SSSR count). The van der Waals surface area contributed by atoms with Gasteiger partial charge in [-0.3, -0.25) is 4.79 Å². The number of thioether (sulfide) groups is 1. The zero-order valence-corrected chi connectivity index (χ0v) is 7.37. The maximum atomic E-state index is 10.9. The largest absolute Gasteiger partial charge is 0.332 e. The van der Waals surface area contributed by atoms with Gasteiger partial charge in [0.2, 0.25) is 5.91 Å². The Morgan fingerprint density at radius 2 is 2.56 bits per heavy atom. The molecule has 0 aromatic heterocycles. The topological polar surface area (TPSA) is 20.3 Å². The molecule has 52 valence electrons. The Balaban J connectivity index is 2.32. The number of halogens is 1. The number of hydrogen-bond donors (Lipinski definition) is 0. The summed E-state index contributed by atoms with van der Waals surface area (Å²) >= 11 is 4.93. The van der Waals surface area contributed by atoms with Crippen molar-refractivity contribution in [1.29, 1.82) is 0 Å². The van der Waals surface area contributed by atoms with Crippen LogP contribution in [-0.4, -0.2) is 34.3 Å². The summed E-state index contributed by atoms with van der Waals surface area (Å²) in [6.07, 6.45) is 0. The molecule has 1 aliphatic rings. The van der Waals surface area contributed by atoms with Gasteiger partial charge in [0, 0.05) is 12.3 Å². The molecule has 0 N–H and O–H groups in total. The smallest absolute Gasteiger partial charge is 0.233 e. The van der Waals surface area contributed by atoms with Crippen LogP contribution in [0.25, 0.3) is 0 Å². The van der Waals surface area contributed by atoms with Crippen LogP contribution in [0, 0.1) is 0 Å². The molecule has 0 unspecified atom stereocenters. The Kier molecular flexibility index (Phi) is 2.85. The minimum absolute atomic E-state index is 0.208. The molecule has 0 radical (unpaired) electrons. The van der Waals surface area contributed by atoms with Crippen molar-refractivity contribution >= 4 is 33.6 Å². The highest BCUT2D eigenvalue weighted by Crippen LogP contribution is 2.13. The van der Waals surface area contributed by atoms with E-state index in [4.69, 9.17) is 0 Å². The van der Waals surface area contributed by atoms with E-state index in [0.717, 1.165) is 18.2 Å². The van der Waals surface area contributed by atoms with E-state index in [1.54, 1.807) is 0 Å². The van der Waals surface area contributed by atoms with Crippen LogP contribution in [0.1, 0.15) is 0 Å². The van der Waals surface area contributed by atoms with Gasteiger partial charge in [0.1, 0.15) is 0 Å². The predicted molar refractivity (Wildman–Crippen MR) is 42.8 cm³/mol. The molecule has 0 aliphatic carbocycles. The number of nitrogens with zero attached hydrogens (tertiary/aromatic N) is 1. The van der Waals surface area contributed by atoms with E-state index in [2.05, 4.69) is 15.9 Å². The SMILES string of the molecule is O=C(CBr)N1CCSC1. The Labute approximate surface area is 67.1 Å². The first-order chi connectivity index (χ1) is 4.34. The van der Waals surface area contributed by atoms with Gasteiger partial charge in [0.15, 0.2) is 0 Å². The molecule has 1 heterocycles. The van der Waals surface area contributed by atoms with Gasteiger partial charge in [-0.25, -0.2) is 0 Å². The third kappa shape index (κ3) is 1.86. The summed E-state index contributed by atoms with van der Waals surface area (Å²) in [6, 6.07) is 0. The van der Waals surface area contributed by atoms with Crippen molar-refractivity contribution in [1.82, 2.24) is 4.90 Å². The van der Waals surface area contributed by atoms with Gasteiger partial charge in [-0.1, -0.05) is 15.9 Å². The molecule has 1 fully saturated rings. The van der Waals surface area contributed by atoms with Crippen LogP contribution in [0.5, 0.6) is 0 Å². The number of hydrogen-bond acceptors (Lipinski definition) is 2. The molecule has 0 atom stereocenters. The molecule has 1 amide bonds. The average Bonchev–Trinajstić information content (AvgIpc) is 2.37. The Morgan fingerprint density at radius 1 is 1.78 bits per heavy atom. The number of amides is 1. The van der Waals surface area contributed by atoms with Gasteiger partial charge < -0.3 is 4.90 Å². The molecule has 1 aliphatic heterocycles. The maximum absolute atomic E-state index is 10.9. The van der Waals surface area contributed by atoms with Crippen molar-refractivity contribution in [2.45, 2.75) is 0 Å². The molecular weight excluding hydrogens is 202 g/mol. The van der Waals surface area contributed by atoms with Crippen LogP contribution in [0.4, 0.5) is 0 Å². The van der Waals surface area contributed by atoms with Crippen LogP contribution in [0.15, 0.2) is 0 Å². The normalized spacial score (nSPS) is 18.6. The van der Waals surface area contributed by atoms with E-state index >= 15 is 0 Å². The third-order valence-electron chi connectivity index (χ3n) is 1.22. The molecule has 0 aromatic rings. The van der Waals surface area contributed by atoms with Crippen LogP contribution >= 0.6 is 27.7 Å². The highest BCUT2D eigenvalue weighted by molar-refractivity contribution is 9.09. The Hall–Kier alpha value is 0.300. The third-order valence-corrected chi connectivity index (χ3v) is 2.66. The second kappa shape index (κ2) is 3.46. The van der Waals surface area contributed by atoms with Crippen molar-refractivity contribution in [2.24, 2.45) is 0 Å². The van der Waals surface area contributed by atoms with Crippen molar-refractivity contribution in [3.63, 3.8) is 0 Å². The minimum atomic E-state index is 0.208. The first-order valence-electron chi connectivity index (χ1n) is 2.76. The average molecular weight is 210 g/mol. The number of alkyl halides is 1. The number of carbonyl (C=O) groups excluding carboxylic acids is 1. The van der Waals surface area contributed by atoms with Crippen molar-refractivity contribution in [2.75, 3.05) is 23.5 Å². The fraction of sp³-hybridized carbons (Fsp3) is 0.800. The number of rotatable bonds is 1. The lowest BCUT2D eigenvalue weighted by atomic mass is 10.6. The zero-order valence-electron chi connectivity index (χ0n) is 4.97.